The highest BCUT2D eigenvalue weighted by Gasteiger charge is 2.46. The maximum atomic E-state index is 4.31. The summed E-state index contributed by atoms with van der Waals surface area (Å²) in [5.41, 5.74) is 0.456. The summed E-state index contributed by atoms with van der Waals surface area (Å²) in [5.74, 6) is 0.986. The normalized spacial score (nSPS) is 24.5. The summed E-state index contributed by atoms with van der Waals surface area (Å²) in [4.78, 5) is 4.31. The van der Waals surface area contributed by atoms with Gasteiger partial charge in [-0.05, 0) is 34.4 Å². The minimum atomic E-state index is 0.456. The Morgan fingerprint density at radius 2 is 2.31 bits per heavy atom. The molecule has 0 aromatic carbocycles. The Morgan fingerprint density at radius 3 is 2.69 bits per heavy atom. The van der Waals surface area contributed by atoms with Gasteiger partial charge in [0.1, 0.15) is 3.70 Å². The molecule has 72 valence electrons. The molecule has 0 spiro atoms. The van der Waals surface area contributed by atoms with Crippen molar-refractivity contribution in [2.75, 3.05) is 5.32 Å². The lowest BCUT2D eigenvalue weighted by molar-refractivity contribution is 0.627. The number of nitrogens with one attached hydrogen (secondary N) is 1. The van der Waals surface area contributed by atoms with Crippen molar-refractivity contribution >= 4 is 28.5 Å². The van der Waals surface area contributed by atoms with Gasteiger partial charge < -0.3 is 9.88 Å². The van der Waals surface area contributed by atoms with Crippen molar-refractivity contribution in [2.24, 2.45) is 12.5 Å². The third-order valence-electron chi connectivity index (χ3n) is 2.75. The Bertz CT molecular complexity index is 330. The molecule has 0 aliphatic heterocycles. The van der Waals surface area contributed by atoms with Crippen LogP contribution < -0.4 is 5.32 Å². The Kier molecular flexibility index (Phi) is 2.05. The lowest BCUT2D eigenvalue weighted by Gasteiger charge is -2.07. The van der Waals surface area contributed by atoms with Gasteiger partial charge in [-0.2, -0.15) is 0 Å². The van der Waals surface area contributed by atoms with Gasteiger partial charge in [-0.3, -0.25) is 0 Å². The van der Waals surface area contributed by atoms with Crippen molar-refractivity contribution in [3.63, 3.8) is 0 Å². The molecular weight excluding hydrogens is 277 g/mol. The van der Waals surface area contributed by atoms with E-state index in [4.69, 9.17) is 0 Å². The summed E-state index contributed by atoms with van der Waals surface area (Å²) >= 11 is 2.28. The van der Waals surface area contributed by atoms with Crippen LogP contribution >= 0.6 is 22.6 Å². The van der Waals surface area contributed by atoms with Crippen molar-refractivity contribution in [3.05, 3.63) is 9.90 Å². The van der Waals surface area contributed by atoms with Gasteiger partial charge in [0.15, 0.2) is 0 Å². The van der Waals surface area contributed by atoms with Gasteiger partial charge >= 0.3 is 0 Å². The molecule has 1 aliphatic rings. The molecule has 0 radical (unpaired) electrons. The van der Waals surface area contributed by atoms with Crippen LogP contribution in [0.2, 0.25) is 0 Å². The Hall–Kier alpha value is -0.260. The predicted molar refractivity (Wildman–Crippen MR) is 61.7 cm³/mol. The van der Waals surface area contributed by atoms with Gasteiger partial charge in [-0.15, -0.1) is 0 Å². The lowest BCUT2D eigenvalue weighted by atomic mass is 10.2. The molecule has 3 nitrogen and oxygen atoms in total. The average molecular weight is 291 g/mol. The molecule has 1 aromatic rings. The van der Waals surface area contributed by atoms with E-state index in [0.29, 0.717) is 11.5 Å². The molecule has 1 heterocycles. The molecule has 1 aliphatic carbocycles. The van der Waals surface area contributed by atoms with Gasteiger partial charge in [0, 0.05) is 13.1 Å². The predicted octanol–water partition coefficient (Wildman–Crippen LogP) is 2.24. The molecule has 1 atom stereocenters. The summed E-state index contributed by atoms with van der Waals surface area (Å²) in [7, 11) is 2.03. The highest BCUT2D eigenvalue weighted by Crippen LogP contribution is 2.46. The van der Waals surface area contributed by atoms with E-state index < -0.39 is 0 Å². The molecule has 0 saturated heterocycles. The highest BCUT2D eigenvalue weighted by atomic mass is 127. The zero-order valence-electron chi connectivity index (χ0n) is 8.13. The fourth-order valence-electron chi connectivity index (χ4n) is 1.39. The van der Waals surface area contributed by atoms with Gasteiger partial charge in [0.05, 0.1) is 6.20 Å². The van der Waals surface area contributed by atoms with Crippen LogP contribution in [-0.2, 0) is 7.05 Å². The highest BCUT2D eigenvalue weighted by molar-refractivity contribution is 14.1. The van der Waals surface area contributed by atoms with Crippen LogP contribution in [0.3, 0.4) is 0 Å². The maximum absolute atomic E-state index is 4.31. The number of aromatic nitrogens is 2. The molecule has 1 unspecified atom stereocenters. The molecule has 2 rings (SSSR count). The van der Waals surface area contributed by atoms with E-state index in [9.17, 15) is 0 Å². The van der Waals surface area contributed by atoms with Crippen LogP contribution in [0.25, 0.3) is 0 Å². The molecule has 1 aromatic heterocycles. The molecule has 1 N–H and O–H groups in total. The summed E-state index contributed by atoms with van der Waals surface area (Å²) in [6, 6.07) is 0.601. The first-order valence-corrected chi connectivity index (χ1v) is 5.52. The standard InChI is InChI=1S/C9H14IN3/c1-9(2)4-6(9)12-8-11-5-7(10)13(8)3/h5-6H,4H2,1-3H3,(H,11,12). The van der Waals surface area contributed by atoms with E-state index in [2.05, 4.69) is 51.3 Å². The van der Waals surface area contributed by atoms with Gasteiger partial charge in [-0.25, -0.2) is 4.98 Å². The Balaban J connectivity index is 2.07. The third-order valence-corrected chi connectivity index (χ3v) is 3.75. The van der Waals surface area contributed by atoms with E-state index in [0.717, 1.165) is 5.95 Å². The number of rotatable bonds is 2. The van der Waals surface area contributed by atoms with Crippen LogP contribution in [-0.4, -0.2) is 15.6 Å². The van der Waals surface area contributed by atoms with Crippen molar-refractivity contribution in [1.82, 2.24) is 9.55 Å². The second-order valence-electron chi connectivity index (χ2n) is 4.35. The van der Waals surface area contributed by atoms with Crippen molar-refractivity contribution in [3.8, 4) is 0 Å². The van der Waals surface area contributed by atoms with Crippen LogP contribution in [0.5, 0.6) is 0 Å². The Labute approximate surface area is 92.1 Å². The minimum absolute atomic E-state index is 0.456. The monoisotopic (exact) mass is 291 g/mol. The SMILES string of the molecule is Cn1c(I)cnc1NC1CC1(C)C. The number of nitrogens with zero attached hydrogens (tertiary/aromatic N) is 2. The van der Waals surface area contributed by atoms with Crippen LogP contribution in [0.1, 0.15) is 20.3 Å². The zero-order chi connectivity index (χ0) is 9.64. The summed E-state index contributed by atoms with van der Waals surface area (Å²) in [6.45, 7) is 4.55. The van der Waals surface area contributed by atoms with E-state index in [1.54, 1.807) is 0 Å². The summed E-state index contributed by atoms with van der Waals surface area (Å²) in [6.07, 6.45) is 3.13. The Morgan fingerprint density at radius 1 is 1.69 bits per heavy atom. The number of halogens is 1. The van der Waals surface area contributed by atoms with E-state index in [1.807, 2.05) is 13.2 Å². The largest absolute Gasteiger partial charge is 0.352 e. The minimum Gasteiger partial charge on any atom is -0.352 e. The van der Waals surface area contributed by atoms with Crippen LogP contribution in [0.15, 0.2) is 6.20 Å². The molecule has 0 bridgehead atoms. The molecular formula is C9H14IN3. The summed E-state index contributed by atoms with van der Waals surface area (Å²) in [5, 5.41) is 3.44. The molecule has 1 fully saturated rings. The van der Waals surface area contributed by atoms with Gasteiger partial charge in [-0.1, -0.05) is 13.8 Å². The number of hydrogen-bond acceptors (Lipinski definition) is 2. The van der Waals surface area contributed by atoms with Crippen LogP contribution in [0.4, 0.5) is 5.95 Å². The number of imidazole rings is 1. The van der Waals surface area contributed by atoms with E-state index in [-0.39, 0.29) is 0 Å². The third kappa shape index (κ3) is 1.68. The van der Waals surface area contributed by atoms with E-state index >= 15 is 0 Å². The topological polar surface area (TPSA) is 29.9 Å². The molecule has 13 heavy (non-hydrogen) atoms. The van der Waals surface area contributed by atoms with Crippen LogP contribution in [0, 0.1) is 9.12 Å². The lowest BCUT2D eigenvalue weighted by Crippen LogP contribution is -2.12. The number of hydrogen-bond donors (Lipinski definition) is 1. The fourth-order valence-corrected chi connectivity index (χ4v) is 1.76. The smallest absolute Gasteiger partial charge is 0.203 e. The quantitative estimate of drug-likeness (QED) is 0.847. The zero-order valence-corrected chi connectivity index (χ0v) is 10.3. The van der Waals surface area contributed by atoms with Crippen molar-refractivity contribution in [1.29, 1.82) is 0 Å². The van der Waals surface area contributed by atoms with E-state index in [1.165, 1.54) is 10.1 Å². The first kappa shape index (κ1) is 9.30. The number of anilines is 1. The molecule has 0 amide bonds. The maximum Gasteiger partial charge on any atom is 0.203 e. The molecule has 1 saturated carbocycles. The summed E-state index contributed by atoms with van der Waals surface area (Å²) < 4.78 is 3.24. The first-order chi connectivity index (χ1) is 6.00. The fraction of sp³-hybridized carbons (Fsp3) is 0.667. The average Bonchev–Trinajstić information content (AvgIpc) is 2.53. The first-order valence-electron chi connectivity index (χ1n) is 4.44. The van der Waals surface area contributed by atoms with Gasteiger partial charge in [0.2, 0.25) is 5.95 Å². The van der Waals surface area contributed by atoms with Crippen molar-refractivity contribution in [2.45, 2.75) is 26.3 Å². The molecule has 4 heteroatoms. The second kappa shape index (κ2) is 2.87. The van der Waals surface area contributed by atoms with Gasteiger partial charge in [0.25, 0.3) is 0 Å². The van der Waals surface area contributed by atoms with Crippen molar-refractivity contribution < 1.29 is 0 Å². The second-order valence-corrected chi connectivity index (χ2v) is 5.46.